The highest BCUT2D eigenvalue weighted by molar-refractivity contribution is 6.29. The molecule has 5 heteroatoms. The molecule has 1 aromatic carbocycles. The quantitative estimate of drug-likeness (QED) is 0.785. The molecular weight excluding hydrogens is 281 g/mol. The number of nitrogens with zero attached hydrogens (tertiary/aromatic N) is 1. The van der Waals surface area contributed by atoms with Crippen LogP contribution in [0.5, 0.6) is 0 Å². The van der Waals surface area contributed by atoms with Crippen LogP contribution in [-0.2, 0) is 9.47 Å². The molecule has 0 saturated carbocycles. The SMILES string of the molecule is Fc1cc(-c2ccc(Cl)nc2)ccc1C1OCCCO1. The van der Waals surface area contributed by atoms with E-state index in [1.807, 2.05) is 6.07 Å². The molecule has 2 heterocycles. The summed E-state index contributed by atoms with van der Waals surface area (Å²) in [6.45, 7) is 1.18. The lowest BCUT2D eigenvalue weighted by molar-refractivity contribution is -0.184. The van der Waals surface area contributed by atoms with Gasteiger partial charge in [0.1, 0.15) is 11.0 Å². The molecule has 1 aliphatic rings. The van der Waals surface area contributed by atoms with Crippen molar-refractivity contribution >= 4 is 11.6 Å². The van der Waals surface area contributed by atoms with Crippen LogP contribution in [0.25, 0.3) is 11.1 Å². The summed E-state index contributed by atoms with van der Waals surface area (Å²) in [7, 11) is 0. The average molecular weight is 294 g/mol. The zero-order valence-electron chi connectivity index (χ0n) is 10.7. The summed E-state index contributed by atoms with van der Waals surface area (Å²) in [6, 6.07) is 8.45. The lowest BCUT2D eigenvalue weighted by atomic mass is 10.0. The predicted octanol–water partition coefficient (Wildman–Crippen LogP) is 3.98. The largest absolute Gasteiger partial charge is 0.348 e. The Labute approximate surface area is 121 Å². The number of hydrogen-bond acceptors (Lipinski definition) is 3. The van der Waals surface area contributed by atoms with Crippen molar-refractivity contribution < 1.29 is 13.9 Å². The van der Waals surface area contributed by atoms with E-state index in [1.54, 1.807) is 24.4 Å². The highest BCUT2D eigenvalue weighted by atomic mass is 35.5. The van der Waals surface area contributed by atoms with E-state index in [9.17, 15) is 4.39 Å². The number of rotatable bonds is 2. The van der Waals surface area contributed by atoms with Crippen LogP contribution in [0.4, 0.5) is 4.39 Å². The molecule has 20 heavy (non-hydrogen) atoms. The van der Waals surface area contributed by atoms with Crippen molar-refractivity contribution in [2.75, 3.05) is 13.2 Å². The second-order valence-electron chi connectivity index (χ2n) is 4.53. The van der Waals surface area contributed by atoms with Gasteiger partial charge in [0.2, 0.25) is 0 Å². The van der Waals surface area contributed by atoms with E-state index in [0.29, 0.717) is 23.9 Å². The second kappa shape index (κ2) is 5.87. The van der Waals surface area contributed by atoms with Crippen molar-refractivity contribution in [3.8, 4) is 11.1 Å². The fourth-order valence-corrected chi connectivity index (χ4v) is 2.22. The number of pyridine rings is 1. The molecule has 3 rings (SSSR count). The fourth-order valence-electron chi connectivity index (χ4n) is 2.11. The van der Waals surface area contributed by atoms with Gasteiger partial charge in [0, 0.05) is 17.3 Å². The van der Waals surface area contributed by atoms with Crippen molar-refractivity contribution in [2.24, 2.45) is 0 Å². The Balaban J connectivity index is 1.88. The first-order valence-corrected chi connectivity index (χ1v) is 6.76. The van der Waals surface area contributed by atoms with Gasteiger partial charge in [-0.25, -0.2) is 9.37 Å². The van der Waals surface area contributed by atoms with Crippen molar-refractivity contribution in [3.05, 3.63) is 53.1 Å². The Morgan fingerprint density at radius 1 is 1.10 bits per heavy atom. The minimum absolute atomic E-state index is 0.343. The summed E-state index contributed by atoms with van der Waals surface area (Å²) in [5.41, 5.74) is 1.98. The third kappa shape index (κ3) is 2.82. The summed E-state index contributed by atoms with van der Waals surface area (Å²) >= 11 is 5.74. The van der Waals surface area contributed by atoms with Gasteiger partial charge in [0.05, 0.1) is 13.2 Å². The summed E-state index contributed by atoms with van der Waals surface area (Å²) in [6.07, 6.45) is 1.85. The number of aromatic nitrogens is 1. The average Bonchev–Trinajstić information content (AvgIpc) is 2.49. The van der Waals surface area contributed by atoms with E-state index in [1.165, 1.54) is 6.07 Å². The van der Waals surface area contributed by atoms with Gasteiger partial charge in [-0.1, -0.05) is 23.7 Å². The lowest BCUT2D eigenvalue weighted by Gasteiger charge is -2.24. The van der Waals surface area contributed by atoms with Crippen molar-refractivity contribution in [3.63, 3.8) is 0 Å². The molecule has 0 bridgehead atoms. The van der Waals surface area contributed by atoms with Crippen LogP contribution in [0.1, 0.15) is 18.3 Å². The molecular formula is C15H13ClFNO2. The maximum Gasteiger partial charge on any atom is 0.186 e. The Morgan fingerprint density at radius 3 is 2.50 bits per heavy atom. The van der Waals surface area contributed by atoms with Crippen LogP contribution < -0.4 is 0 Å². The molecule has 1 aliphatic heterocycles. The van der Waals surface area contributed by atoms with Gasteiger partial charge in [0.25, 0.3) is 0 Å². The van der Waals surface area contributed by atoms with Gasteiger partial charge in [0.15, 0.2) is 6.29 Å². The number of ether oxygens (including phenoxy) is 2. The zero-order valence-corrected chi connectivity index (χ0v) is 11.4. The standard InChI is InChI=1S/C15H13ClFNO2/c16-14-5-3-11(9-18-14)10-2-4-12(13(17)8-10)15-19-6-1-7-20-15/h2-5,8-9,15H,1,6-7H2. The number of benzene rings is 1. The van der Waals surface area contributed by atoms with Crippen LogP contribution in [-0.4, -0.2) is 18.2 Å². The maximum atomic E-state index is 14.2. The molecule has 2 aromatic rings. The first-order chi connectivity index (χ1) is 9.74. The third-order valence-electron chi connectivity index (χ3n) is 3.14. The third-order valence-corrected chi connectivity index (χ3v) is 3.37. The topological polar surface area (TPSA) is 31.4 Å². The van der Waals surface area contributed by atoms with E-state index in [2.05, 4.69) is 4.98 Å². The molecule has 0 spiro atoms. The van der Waals surface area contributed by atoms with Gasteiger partial charge in [-0.05, 0) is 30.2 Å². The van der Waals surface area contributed by atoms with Gasteiger partial charge in [-0.3, -0.25) is 0 Å². The molecule has 1 saturated heterocycles. The normalized spacial score (nSPS) is 16.3. The van der Waals surface area contributed by atoms with E-state index in [4.69, 9.17) is 21.1 Å². The highest BCUT2D eigenvalue weighted by Crippen LogP contribution is 2.29. The molecule has 104 valence electrons. The van der Waals surface area contributed by atoms with Crippen LogP contribution in [0.2, 0.25) is 5.15 Å². The van der Waals surface area contributed by atoms with Crippen LogP contribution in [0.15, 0.2) is 36.5 Å². The Bertz CT molecular complexity index is 597. The molecule has 0 N–H and O–H groups in total. The van der Waals surface area contributed by atoms with E-state index >= 15 is 0 Å². The van der Waals surface area contributed by atoms with Gasteiger partial charge >= 0.3 is 0 Å². The maximum absolute atomic E-state index is 14.2. The number of halogens is 2. The summed E-state index contributed by atoms with van der Waals surface area (Å²) < 4.78 is 25.0. The van der Waals surface area contributed by atoms with Crippen LogP contribution >= 0.6 is 11.6 Å². The van der Waals surface area contributed by atoms with Gasteiger partial charge < -0.3 is 9.47 Å². The minimum Gasteiger partial charge on any atom is -0.348 e. The van der Waals surface area contributed by atoms with E-state index in [0.717, 1.165) is 17.5 Å². The van der Waals surface area contributed by atoms with E-state index in [-0.39, 0.29) is 5.82 Å². The van der Waals surface area contributed by atoms with Gasteiger partial charge in [-0.15, -0.1) is 0 Å². The fraction of sp³-hybridized carbons (Fsp3) is 0.267. The Hall–Kier alpha value is -1.49. The second-order valence-corrected chi connectivity index (χ2v) is 4.92. The minimum atomic E-state index is -0.610. The van der Waals surface area contributed by atoms with Crippen molar-refractivity contribution in [1.82, 2.24) is 4.98 Å². The highest BCUT2D eigenvalue weighted by Gasteiger charge is 2.20. The van der Waals surface area contributed by atoms with Gasteiger partial charge in [-0.2, -0.15) is 0 Å². The van der Waals surface area contributed by atoms with Crippen molar-refractivity contribution in [2.45, 2.75) is 12.7 Å². The lowest BCUT2D eigenvalue weighted by Crippen LogP contribution is -2.18. The summed E-state index contributed by atoms with van der Waals surface area (Å²) in [4.78, 5) is 3.99. The zero-order chi connectivity index (χ0) is 13.9. The Kier molecular flexibility index (Phi) is 3.96. The first-order valence-electron chi connectivity index (χ1n) is 6.38. The monoisotopic (exact) mass is 293 g/mol. The molecule has 0 unspecified atom stereocenters. The molecule has 0 amide bonds. The number of hydrogen-bond donors (Lipinski definition) is 0. The molecule has 3 nitrogen and oxygen atoms in total. The molecule has 1 aromatic heterocycles. The van der Waals surface area contributed by atoms with Crippen molar-refractivity contribution in [1.29, 1.82) is 0 Å². The molecule has 0 radical (unpaired) electrons. The summed E-state index contributed by atoms with van der Waals surface area (Å²) in [5, 5.41) is 0.412. The predicted molar refractivity (Wildman–Crippen MR) is 73.9 cm³/mol. The first kappa shape index (κ1) is 13.5. The molecule has 0 aliphatic carbocycles. The summed E-state index contributed by atoms with van der Waals surface area (Å²) in [5.74, 6) is -0.343. The molecule has 1 fully saturated rings. The van der Waals surface area contributed by atoms with E-state index < -0.39 is 6.29 Å². The van der Waals surface area contributed by atoms with Crippen LogP contribution in [0, 0.1) is 5.82 Å². The molecule has 0 atom stereocenters. The smallest absolute Gasteiger partial charge is 0.186 e. The Morgan fingerprint density at radius 2 is 1.85 bits per heavy atom. The van der Waals surface area contributed by atoms with Crippen LogP contribution in [0.3, 0.4) is 0 Å².